The summed E-state index contributed by atoms with van der Waals surface area (Å²) in [6.07, 6.45) is 3.67. The molecule has 3 nitrogen and oxygen atoms in total. The maximum atomic E-state index is 5.47. The van der Waals surface area contributed by atoms with Crippen molar-refractivity contribution in [3.63, 3.8) is 0 Å². The minimum Gasteiger partial charge on any atom is -0.497 e. The van der Waals surface area contributed by atoms with Gasteiger partial charge in [0.15, 0.2) is 0 Å². The van der Waals surface area contributed by atoms with Crippen LogP contribution in [0.3, 0.4) is 0 Å². The van der Waals surface area contributed by atoms with Gasteiger partial charge in [-0.25, -0.2) is 0 Å². The number of ether oxygens (including phenoxy) is 2. The number of benzene rings is 1. The average molecular weight is 300 g/mol. The van der Waals surface area contributed by atoms with Gasteiger partial charge in [0, 0.05) is 22.1 Å². The molecule has 94 valence electrons. The zero-order valence-electron chi connectivity index (χ0n) is 10.3. The van der Waals surface area contributed by atoms with Gasteiger partial charge in [-0.2, -0.15) is 0 Å². The summed E-state index contributed by atoms with van der Waals surface area (Å²) in [6.45, 7) is 1.08. The number of halogens is 1. The van der Waals surface area contributed by atoms with E-state index in [0.717, 1.165) is 28.9 Å². The molecule has 17 heavy (non-hydrogen) atoms. The SMILES string of the molecule is COc1cc(Br)c(C2CCCCN2)c(OC)c1. The fraction of sp³-hybridized carbons (Fsp3) is 0.538. The van der Waals surface area contributed by atoms with Crippen molar-refractivity contribution >= 4 is 15.9 Å². The quantitative estimate of drug-likeness (QED) is 0.929. The van der Waals surface area contributed by atoms with Crippen molar-refractivity contribution in [1.82, 2.24) is 5.32 Å². The number of piperidine rings is 1. The molecule has 0 spiro atoms. The van der Waals surface area contributed by atoms with Crippen molar-refractivity contribution in [3.05, 3.63) is 22.2 Å². The van der Waals surface area contributed by atoms with Gasteiger partial charge in [0.2, 0.25) is 0 Å². The highest BCUT2D eigenvalue weighted by Crippen LogP contribution is 2.39. The first-order valence-corrected chi connectivity index (χ1v) is 6.70. The largest absolute Gasteiger partial charge is 0.497 e. The lowest BCUT2D eigenvalue weighted by molar-refractivity contribution is 0.365. The molecular weight excluding hydrogens is 282 g/mol. The van der Waals surface area contributed by atoms with Crippen molar-refractivity contribution < 1.29 is 9.47 Å². The fourth-order valence-corrected chi connectivity index (χ4v) is 2.99. The molecule has 0 aliphatic carbocycles. The third-order valence-electron chi connectivity index (χ3n) is 3.18. The first-order valence-electron chi connectivity index (χ1n) is 5.91. The van der Waals surface area contributed by atoms with Crippen LogP contribution < -0.4 is 14.8 Å². The second-order valence-electron chi connectivity index (χ2n) is 4.23. The Labute approximate surface area is 111 Å². The molecule has 1 aromatic rings. The van der Waals surface area contributed by atoms with Crippen molar-refractivity contribution in [2.24, 2.45) is 0 Å². The van der Waals surface area contributed by atoms with Gasteiger partial charge in [-0.05, 0) is 25.5 Å². The van der Waals surface area contributed by atoms with Crippen LogP contribution in [0.15, 0.2) is 16.6 Å². The highest BCUT2D eigenvalue weighted by Gasteiger charge is 2.22. The maximum Gasteiger partial charge on any atom is 0.128 e. The van der Waals surface area contributed by atoms with E-state index >= 15 is 0 Å². The number of nitrogens with one attached hydrogen (secondary N) is 1. The van der Waals surface area contributed by atoms with E-state index in [-0.39, 0.29) is 0 Å². The first kappa shape index (κ1) is 12.7. The van der Waals surface area contributed by atoms with Gasteiger partial charge in [-0.15, -0.1) is 0 Å². The lowest BCUT2D eigenvalue weighted by atomic mass is 9.96. The Morgan fingerprint density at radius 2 is 2.06 bits per heavy atom. The van der Waals surface area contributed by atoms with Crippen LogP contribution in [0.25, 0.3) is 0 Å². The summed E-state index contributed by atoms with van der Waals surface area (Å²) in [7, 11) is 3.37. The molecule has 0 saturated carbocycles. The molecule has 1 aliphatic heterocycles. The summed E-state index contributed by atoms with van der Waals surface area (Å²) in [5.74, 6) is 1.70. The lowest BCUT2D eigenvalue weighted by Crippen LogP contribution is -2.27. The van der Waals surface area contributed by atoms with Gasteiger partial charge in [-0.3, -0.25) is 0 Å². The molecular formula is C13H18BrNO2. The van der Waals surface area contributed by atoms with E-state index in [4.69, 9.17) is 9.47 Å². The summed E-state index contributed by atoms with van der Waals surface area (Å²) in [6, 6.07) is 4.31. The Hall–Kier alpha value is -0.740. The standard InChI is InChI=1S/C13H18BrNO2/c1-16-9-7-10(14)13(12(8-9)17-2)11-5-3-4-6-15-11/h7-8,11,15H,3-6H2,1-2H3. The molecule has 1 unspecified atom stereocenters. The van der Waals surface area contributed by atoms with Crippen LogP contribution in [-0.4, -0.2) is 20.8 Å². The minimum absolute atomic E-state index is 0.374. The van der Waals surface area contributed by atoms with Crippen LogP contribution in [-0.2, 0) is 0 Å². The Morgan fingerprint density at radius 3 is 2.65 bits per heavy atom. The van der Waals surface area contributed by atoms with Crippen molar-refractivity contribution in [1.29, 1.82) is 0 Å². The van der Waals surface area contributed by atoms with E-state index in [2.05, 4.69) is 21.2 Å². The van der Waals surface area contributed by atoms with Gasteiger partial charge in [0.25, 0.3) is 0 Å². The average Bonchev–Trinajstić information content (AvgIpc) is 2.38. The molecule has 1 heterocycles. The normalized spacial score (nSPS) is 20.1. The van der Waals surface area contributed by atoms with Crippen molar-refractivity contribution in [2.75, 3.05) is 20.8 Å². The number of rotatable bonds is 3. The predicted octanol–water partition coefficient (Wildman–Crippen LogP) is 3.28. The second-order valence-corrected chi connectivity index (χ2v) is 5.08. The Balaban J connectivity index is 2.36. The van der Waals surface area contributed by atoms with E-state index in [9.17, 15) is 0 Å². The molecule has 1 aromatic carbocycles. The van der Waals surface area contributed by atoms with E-state index in [1.807, 2.05) is 12.1 Å². The highest BCUT2D eigenvalue weighted by atomic mass is 79.9. The number of hydrogen-bond donors (Lipinski definition) is 1. The van der Waals surface area contributed by atoms with Crippen LogP contribution in [0, 0.1) is 0 Å². The topological polar surface area (TPSA) is 30.5 Å². The fourth-order valence-electron chi connectivity index (χ4n) is 2.29. The Bertz CT molecular complexity index is 389. The molecule has 1 saturated heterocycles. The highest BCUT2D eigenvalue weighted by molar-refractivity contribution is 9.10. The van der Waals surface area contributed by atoms with E-state index in [1.54, 1.807) is 14.2 Å². The van der Waals surface area contributed by atoms with Crippen molar-refractivity contribution in [3.8, 4) is 11.5 Å². The summed E-state index contributed by atoms with van der Waals surface area (Å²) in [5, 5.41) is 3.54. The maximum absolute atomic E-state index is 5.47. The predicted molar refractivity (Wildman–Crippen MR) is 71.8 cm³/mol. The van der Waals surface area contributed by atoms with E-state index in [1.165, 1.54) is 18.4 Å². The molecule has 1 fully saturated rings. The smallest absolute Gasteiger partial charge is 0.128 e. The molecule has 0 radical (unpaired) electrons. The molecule has 4 heteroatoms. The van der Waals surface area contributed by atoms with Gasteiger partial charge in [-0.1, -0.05) is 22.4 Å². The zero-order chi connectivity index (χ0) is 12.3. The molecule has 0 aromatic heterocycles. The Kier molecular flexibility index (Phi) is 4.29. The first-order chi connectivity index (χ1) is 8.26. The third-order valence-corrected chi connectivity index (χ3v) is 3.84. The Morgan fingerprint density at radius 1 is 1.24 bits per heavy atom. The van der Waals surface area contributed by atoms with E-state index in [0.29, 0.717) is 6.04 Å². The monoisotopic (exact) mass is 299 g/mol. The third kappa shape index (κ3) is 2.75. The van der Waals surface area contributed by atoms with Crippen LogP contribution >= 0.6 is 15.9 Å². The molecule has 1 N–H and O–H groups in total. The molecule has 1 aliphatic rings. The second kappa shape index (κ2) is 5.74. The molecule has 0 amide bonds. The van der Waals surface area contributed by atoms with Gasteiger partial charge in [0.05, 0.1) is 14.2 Å². The van der Waals surface area contributed by atoms with Gasteiger partial charge < -0.3 is 14.8 Å². The van der Waals surface area contributed by atoms with Crippen LogP contribution in [0.2, 0.25) is 0 Å². The molecule has 2 rings (SSSR count). The van der Waals surface area contributed by atoms with E-state index < -0.39 is 0 Å². The molecule has 0 bridgehead atoms. The van der Waals surface area contributed by atoms with Gasteiger partial charge >= 0.3 is 0 Å². The summed E-state index contributed by atoms with van der Waals surface area (Å²) < 4.78 is 11.8. The summed E-state index contributed by atoms with van der Waals surface area (Å²) >= 11 is 3.62. The summed E-state index contributed by atoms with van der Waals surface area (Å²) in [4.78, 5) is 0. The van der Waals surface area contributed by atoms with Crippen LogP contribution in [0.5, 0.6) is 11.5 Å². The zero-order valence-corrected chi connectivity index (χ0v) is 11.8. The number of methoxy groups -OCH3 is 2. The summed E-state index contributed by atoms with van der Waals surface area (Å²) in [5.41, 5.74) is 1.20. The number of hydrogen-bond acceptors (Lipinski definition) is 3. The van der Waals surface area contributed by atoms with Crippen LogP contribution in [0.4, 0.5) is 0 Å². The van der Waals surface area contributed by atoms with Crippen LogP contribution in [0.1, 0.15) is 30.9 Å². The van der Waals surface area contributed by atoms with Crippen molar-refractivity contribution in [2.45, 2.75) is 25.3 Å². The lowest BCUT2D eigenvalue weighted by Gasteiger charge is -2.26. The van der Waals surface area contributed by atoms with Gasteiger partial charge in [0.1, 0.15) is 11.5 Å². The molecule has 1 atom stereocenters. The minimum atomic E-state index is 0.374.